The summed E-state index contributed by atoms with van der Waals surface area (Å²) < 4.78 is 0. The van der Waals surface area contributed by atoms with Gasteiger partial charge in [-0.3, -0.25) is 0 Å². The maximum Gasteiger partial charge on any atom is 0.159 e. The van der Waals surface area contributed by atoms with E-state index in [2.05, 4.69) is 29.4 Å². The summed E-state index contributed by atoms with van der Waals surface area (Å²) in [5, 5.41) is 4.95. The second-order valence-electron chi connectivity index (χ2n) is 5.37. The molecule has 1 aliphatic rings. The fraction of sp³-hybridized carbons (Fsp3) is 0.167. The summed E-state index contributed by atoms with van der Waals surface area (Å²) >= 11 is 5.91. The van der Waals surface area contributed by atoms with E-state index in [1.807, 2.05) is 49.4 Å². The lowest BCUT2D eigenvalue weighted by atomic mass is 9.95. The Kier molecular flexibility index (Phi) is 3.80. The van der Waals surface area contributed by atoms with Crippen LogP contribution in [0.1, 0.15) is 24.5 Å². The van der Waals surface area contributed by atoms with Crippen molar-refractivity contribution in [1.82, 2.24) is 0 Å². The lowest BCUT2D eigenvalue weighted by molar-refractivity contribution is 0.0369. The zero-order valence-electron chi connectivity index (χ0n) is 11.8. The average molecular weight is 298 g/mol. The minimum atomic E-state index is -0.398. The molecule has 0 aromatic heterocycles. The molecule has 1 heterocycles. The van der Waals surface area contributed by atoms with Crippen LogP contribution in [-0.4, -0.2) is 11.3 Å². The van der Waals surface area contributed by atoms with E-state index in [9.17, 15) is 0 Å². The lowest BCUT2D eigenvalue weighted by Gasteiger charge is -2.16. The second-order valence-corrected chi connectivity index (χ2v) is 5.81. The van der Waals surface area contributed by atoms with Crippen molar-refractivity contribution in [2.75, 3.05) is 0 Å². The second kappa shape index (κ2) is 5.74. The van der Waals surface area contributed by atoms with Crippen LogP contribution in [0, 0.1) is 0 Å². The molecular weight excluding hydrogens is 282 g/mol. The Hall–Kier alpha value is -2.06. The number of halogens is 1. The molecule has 2 nitrogen and oxygen atoms in total. The van der Waals surface area contributed by atoms with Gasteiger partial charge in [-0.2, -0.15) is 0 Å². The van der Waals surface area contributed by atoms with E-state index in [1.54, 1.807) is 0 Å². The van der Waals surface area contributed by atoms with E-state index >= 15 is 0 Å². The molecule has 0 N–H and O–H groups in total. The SMILES string of the molecule is CC1(/C=C/c2ccccc2)CC(c2ccc(Cl)cc2)=NO1. The molecule has 1 atom stereocenters. The molecule has 106 valence electrons. The van der Waals surface area contributed by atoms with Crippen molar-refractivity contribution in [2.24, 2.45) is 5.16 Å². The number of nitrogens with zero attached hydrogens (tertiary/aromatic N) is 1. The Morgan fingerprint density at radius 2 is 1.81 bits per heavy atom. The van der Waals surface area contributed by atoms with Crippen LogP contribution >= 0.6 is 11.6 Å². The first kappa shape index (κ1) is 13.9. The summed E-state index contributed by atoms with van der Waals surface area (Å²) in [7, 11) is 0. The highest BCUT2D eigenvalue weighted by Crippen LogP contribution is 2.29. The van der Waals surface area contributed by atoms with Crippen LogP contribution < -0.4 is 0 Å². The third-order valence-electron chi connectivity index (χ3n) is 3.49. The fourth-order valence-corrected chi connectivity index (χ4v) is 2.41. The maximum absolute atomic E-state index is 5.91. The first-order chi connectivity index (χ1) is 10.1. The van der Waals surface area contributed by atoms with Gasteiger partial charge in [0, 0.05) is 11.4 Å². The van der Waals surface area contributed by atoms with Crippen molar-refractivity contribution >= 4 is 23.4 Å². The summed E-state index contributed by atoms with van der Waals surface area (Å²) in [6.07, 6.45) is 4.88. The van der Waals surface area contributed by atoms with E-state index in [1.165, 1.54) is 0 Å². The molecular formula is C18H16ClNO. The molecule has 1 unspecified atom stereocenters. The van der Waals surface area contributed by atoms with Crippen molar-refractivity contribution < 1.29 is 4.84 Å². The van der Waals surface area contributed by atoms with Crippen LogP contribution in [-0.2, 0) is 4.84 Å². The van der Waals surface area contributed by atoms with Crippen LogP contribution in [0.2, 0.25) is 5.02 Å². The first-order valence-corrected chi connectivity index (χ1v) is 7.28. The molecule has 3 heteroatoms. The molecule has 0 bridgehead atoms. The lowest BCUT2D eigenvalue weighted by Crippen LogP contribution is -2.21. The highest BCUT2D eigenvalue weighted by molar-refractivity contribution is 6.30. The van der Waals surface area contributed by atoms with E-state index in [-0.39, 0.29) is 0 Å². The molecule has 21 heavy (non-hydrogen) atoms. The van der Waals surface area contributed by atoms with Gasteiger partial charge in [-0.05, 0) is 36.3 Å². The Labute approximate surface area is 129 Å². The summed E-state index contributed by atoms with van der Waals surface area (Å²) in [5.41, 5.74) is 2.76. The summed E-state index contributed by atoms with van der Waals surface area (Å²) in [6, 6.07) is 17.9. The van der Waals surface area contributed by atoms with Crippen LogP contribution in [0.3, 0.4) is 0 Å². The number of rotatable bonds is 3. The number of hydrogen-bond donors (Lipinski definition) is 0. The largest absolute Gasteiger partial charge is 0.385 e. The van der Waals surface area contributed by atoms with Crippen LogP contribution in [0.25, 0.3) is 6.08 Å². The quantitative estimate of drug-likeness (QED) is 0.786. The number of oxime groups is 1. The van der Waals surface area contributed by atoms with Crippen molar-refractivity contribution in [2.45, 2.75) is 18.9 Å². The van der Waals surface area contributed by atoms with Crippen molar-refractivity contribution in [3.63, 3.8) is 0 Å². The van der Waals surface area contributed by atoms with Gasteiger partial charge in [-0.15, -0.1) is 0 Å². The predicted octanol–water partition coefficient (Wildman–Crippen LogP) is 4.94. The minimum Gasteiger partial charge on any atom is -0.385 e. The van der Waals surface area contributed by atoms with Crippen molar-refractivity contribution in [3.05, 3.63) is 76.8 Å². The monoisotopic (exact) mass is 297 g/mol. The molecule has 3 rings (SSSR count). The molecule has 0 saturated carbocycles. The van der Waals surface area contributed by atoms with Crippen molar-refractivity contribution in [3.8, 4) is 0 Å². The van der Waals surface area contributed by atoms with E-state index in [0.717, 1.165) is 28.3 Å². The molecule has 1 aliphatic heterocycles. The van der Waals surface area contributed by atoms with Crippen molar-refractivity contribution in [1.29, 1.82) is 0 Å². The van der Waals surface area contributed by atoms with Gasteiger partial charge >= 0.3 is 0 Å². The van der Waals surface area contributed by atoms with Gasteiger partial charge in [0.05, 0.1) is 5.71 Å². The molecule has 0 radical (unpaired) electrons. The fourth-order valence-electron chi connectivity index (χ4n) is 2.28. The molecule has 2 aromatic carbocycles. The number of hydrogen-bond acceptors (Lipinski definition) is 2. The zero-order chi connectivity index (χ0) is 14.7. The van der Waals surface area contributed by atoms with Gasteiger partial charge in [-0.1, -0.05) is 65.3 Å². The Bertz CT molecular complexity index is 676. The van der Waals surface area contributed by atoms with Crippen LogP contribution in [0.15, 0.2) is 65.8 Å². The van der Waals surface area contributed by atoms with Gasteiger partial charge in [0.15, 0.2) is 5.60 Å². The van der Waals surface area contributed by atoms with E-state index < -0.39 is 5.60 Å². The topological polar surface area (TPSA) is 21.6 Å². The van der Waals surface area contributed by atoms with Gasteiger partial charge in [0.25, 0.3) is 0 Å². The Morgan fingerprint density at radius 1 is 1.10 bits per heavy atom. The molecule has 2 aromatic rings. The number of benzene rings is 2. The standard InChI is InChI=1S/C18H16ClNO/c1-18(12-11-14-5-3-2-4-6-14)13-17(20-21-18)15-7-9-16(19)10-8-15/h2-12H,13H2,1H3/b12-11+. The maximum atomic E-state index is 5.91. The third-order valence-corrected chi connectivity index (χ3v) is 3.74. The van der Waals surface area contributed by atoms with Gasteiger partial charge in [0.1, 0.15) is 0 Å². The molecule has 0 saturated heterocycles. The Balaban J connectivity index is 1.72. The molecule has 0 aliphatic carbocycles. The summed E-state index contributed by atoms with van der Waals surface area (Å²) in [4.78, 5) is 5.63. The minimum absolute atomic E-state index is 0.398. The predicted molar refractivity (Wildman–Crippen MR) is 87.6 cm³/mol. The smallest absolute Gasteiger partial charge is 0.159 e. The highest BCUT2D eigenvalue weighted by atomic mass is 35.5. The van der Waals surface area contributed by atoms with Gasteiger partial charge in [0.2, 0.25) is 0 Å². The molecule has 0 amide bonds. The summed E-state index contributed by atoms with van der Waals surface area (Å²) in [5.74, 6) is 0. The molecule has 0 spiro atoms. The van der Waals surface area contributed by atoms with Crippen LogP contribution in [0.4, 0.5) is 0 Å². The van der Waals surface area contributed by atoms with Crippen LogP contribution in [0.5, 0.6) is 0 Å². The third kappa shape index (κ3) is 3.34. The Morgan fingerprint density at radius 3 is 2.52 bits per heavy atom. The van der Waals surface area contributed by atoms with E-state index in [0.29, 0.717) is 0 Å². The van der Waals surface area contributed by atoms with E-state index in [4.69, 9.17) is 16.4 Å². The normalized spacial score (nSPS) is 21.3. The van der Waals surface area contributed by atoms with Gasteiger partial charge < -0.3 is 4.84 Å². The highest BCUT2D eigenvalue weighted by Gasteiger charge is 2.32. The first-order valence-electron chi connectivity index (χ1n) is 6.90. The van der Waals surface area contributed by atoms with Gasteiger partial charge in [-0.25, -0.2) is 0 Å². The zero-order valence-corrected chi connectivity index (χ0v) is 12.5. The molecule has 0 fully saturated rings. The average Bonchev–Trinajstić information content (AvgIpc) is 2.90. The summed E-state index contributed by atoms with van der Waals surface area (Å²) in [6.45, 7) is 2.04.